The molecule has 9 nitrogen and oxygen atoms in total. The summed E-state index contributed by atoms with van der Waals surface area (Å²) in [5.74, 6) is -1.83. The molecule has 2 fully saturated rings. The van der Waals surface area contributed by atoms with Crippen molar-refractivity contribution in [3.8, 4) is 22.6 Å². The molecule has 7 rings (SSSR count). The number of hydrogen-bond acceptors (Lipinski definition) is 5. The molecule has 1 aliphatic heterocycles. The van der Waals surface area contributed by atoms with E-state index in [9.17, 15) is 14.0 Å². The summed E-state index contributed by atoms with van der Waals surface area (Å²) in [6.45, 7) is 3.57. The number of likely N-dealkylation sites (tertiary alicyclic amines) is 1. The fourth-order valence-corrected chi connectivity index (χ4v) is 6.11. The van der Waals surface area contributed by atoms with Gasteiger partial charge in [0.05, 0.1) is 22.5 Å². The third kappa shape index (κ3) is 4.83. The van der Waals surface area contributed by atoms with E-state index in [1.54, 1.807) is 23.2 Å². The van der Waals surface area contributed by atoms with Gasteiger partial charge in [-0.15, -0.1) is 0 Å². The summed E-state index contributed by atoms with van der Waals surface area (Å²) in [5, 5.41) is 5.65. The van der Waals surface area contributed by atoms with Crippen molar-refractivity contribution < 1.29 is 18.4 Å². The van der Waals surface area contributed by atoms with E-state index in [1.165, 1.54) is 22.7 Å². The summed E-state index contributed by atoms with van der Waals surface area (Å²) in [5.41, 5.74) is 15.5. The van der Waals surface area contributed by atoms with Crippen molar-refractivity contribution in [2.24, 2.45) is 17.4 Å². The standard InChI is InChI=1S/C32H31F2N7O2/c1-17-28(38-41-15-21(12-25(34)29(17)41)32(43)39-10-2-3-22(35)16-39)27-13-20-7-9-26(37-31(20)40(27)14-18-4-5-18)19-6-8-23(30(36)42)24(33)11-19/h6-9,11-13,15,18,22H,2-5,10,14,16,35H2,1H3,(H2,36,42)/t22-/m1/s1. The highest BCUT2D eigenvalue weighted by molar-refractivity contribution is 5.95. The number of hydrogen-bond donors (Lipinski definition) is 2. The number of nitrogens with zero attached hydrogens (tertiary/aromatic N) is 5. The van der Waals surface area contributed by atoms with E-state index in [4.69, 9.17) is 21.5 Å². The van der Waals surface area contributed by atoms with Crippen LogP contribution in [-0.4, -0.2) is 55.0 Å². The Morgan fingerprint density at radius 1 is 1.05 bits per heavy atom. The summed E-state index contributed by atoms with van der Waals surface area (Å²) in [6, 6.07) is 11.1. The van der Waals surface area contributed by atoms with Gasteiger partial charge in [0.1, 0.15) is 28.5 Å². The molecule has 4 aromatic heterocycles. The molecule has 1 saturated heterocycles. The first kappa shape index (κ1) is 27.2. The molecule has 1 atom stereocenters. The lowest BCUT2D eigenvalue weighted by atomic mass is 10.1. The molecule has 220 valence electrons. The lowest BCUT2D eigenvalue weighted by molar-refractivity contribution is 0.0707. The van der Waals surface area contributed by atoms with Gasteiger partial charge in [-0.3, -0.25) is 9.59 Å². The highest BCUT2D eigenvalue weighted by Gasteiger charge is 2.28. The normalized spacial score (nSPS) is 17.2. The van der Waals surface area contributed by atoms with Gasteiger partial charge >= 0.3 is 0 Å². The van der Waals surface area contributed by atoms with Crippen LogP contribution in [0.5, 0.6) is 0 Å². The number of primary amides is 1. The van der Waals surface area contributed by atoms with Gasteiger partial charge in [0.15, 0.2) is 0 Å². The number of pyridine rings is 2. The number of aromatic nitrogens is 4. The molecule has 43 heavy (non-hydrogen) atoms. The van der Waals surface area contributed by atoms with Crippen LogP contribution >= 0.6 is 0 Å². The second-order valence-electron chi connectivity index (χ2n) is 11.7. The summed E-state index contributed by atoms with van der Waals surface area (Å²) in [7, 11) is 0. The molecule has 2 aliphatic rings. The number of carbonyl (C=O) groups excluding carboxylic acids is 2. The molecule has 0 spiro atoms. The SMILES string of the molecule is Cc1c(-c2cc3ccc(-c4ccc(C(N)=O)c(F)c4)nc3n2CC2CC2)nn2cc(C(=O)N3CCC[C@@H](N)C3)cc(F)c12. The van der Waals surface area contributed by atoms with Crippen LogP contribution in [-0.2, 0) is 6.54 Å². The molecule has 0 bridgehead atoms. The molecule has 5 aromatic rings. The van der Waals surface area contributed by atoms with Crippen LogP contribution in [0.4, 0.5) is 8.78 Å². The minimum absolute atomic E-state index is 0.0825. The van der Waals surface area contributed by atoms with Crippen LogP contribution in [0.25, 0.3) is 39.2 Å². The molecular formula is C32H31F2N7O2. The number of aryl methyl sites for hydroxylation is 1. The first-order valence-electron chi connectivity index (χ1n) is 14.5. The average molecular weight is 584 g/mol. The van der Waals surface area contributed by atoms with Crippen LogP contribution in [0.3, 0.4) is 0 Å². The molecule has 1 saturated carbocycles. The zero-order chi connectivity index (χ0) is 30.0. The summed E-state index contributed by atoms with van der Waals surface area (Å²) in [6.07, 6.45) is 5.47. The maximum Gasteiger partial charge on any atom is 0.255 e. The Morgan fingerprint density at radius 2 is 1.86 bits per heavy atom. The van der Waals surface area contributed by atoms with Crippen molar-refractivity contribution in [2.45, 2.75) is 45.2 Å². The van der Waals surface area contributed by atoms with E-state index < -0.39 is 17.5 Å². The predicted octanol–water partition coefficient (Wildman–Crippen LogP) is 4.68. The maximum atomic E-state index is 15.6. The van der Waals surface area contributed by atoms with Gasteiger partial charge in [0.2, 0.25) is 0 Å². The zero-order valence-corrected chi connectivity index (χ0v) is 23.7. The fraction of sp³-hybridized carbons (Fsp3) is 0.312. The van der Waals surface area contributed by atoms with Crippen molar-refractivity contribution in [3.63, 3.8) is 0 Å². The lowest BCUT2D eigenvalue weighted by Crippen LogP contribution is -2.45. The van der Waals surface area contributed by atoms with E-state index in [-0.39, 0.29) is 23.1 Å². The lowest BCUT2D eigenvalue weighted by Gasteiger charge is -2.30. The molecule has 0 unspecified atom stereocenters. The minimum atomic E-state index is -0.832. The van der Waals surface area contributed by atoms with E-state index in [0.29, 0.717) is 59.2 Å². The van der Waals surface area contributed by atoms with Crippen molar-refractivity contribution in [2.75, 3.05) is 13.1 Å². The van der Waals surface area contributed by atoms with Gasteiger partial charge < -0.3 is 20.9 Å². The Kier molecular flexibility index (Phi) is 6.50. The van der Waals surface area contributed by atoms with E-state index >= 15 is 4.39 Å². The highest BCUT2D eigenvalue weighted by Crippen LogP contribution is 2.37. The van der Waals surface area contributed by atoms with Gasteiger partial charge in [-0.25, -0.2) is 18.3 Å². The third-order valence-corrected chi connectivity index (χ3v) is 8.56. The van der Waals surface area contributed by atoms with Crippen molar-refractivity contribution in [3.05, 3.63) is 77.0 Å². The van der Waals surface area contributed by atoms with E-state index in [0.717, 1.165) is 36.8 Å². The van der Waals surface area contributed by atoms with Gasteiger partial charge in [-0.1, -0.05) is 6.07 Å². The molecule has 0 radical (unpaired) electrons. The zero-order valence-electron chi connectivity index (χ0n) is 23.7. The number of halogens is 2. The first-order valence-corrected chi connectivity index (χ1v) is 14.5. The van der Waals surface area contributed by atoms with Crippen molar-refractivity contribution >= 4 is 28.4 Å². The number of benzene rings is 1. The van der Waals surface area contributed by atoms with Gasteiger partial charge in [-0.05, 0) is 74.9 Å². The van der Waals surface area contributed by atoms with Crippen LogP contribution in [0.2, 0.25) is 0 Å². The largest absolute Gasteiger partial charge is 0.366 e. The Hall–Kier alpha value is -4.64. The smallest absolute Gasteiger partial charge is 0.255 e. The van der Waals surface area contributed by atoms with E-state index in [2.05, 4.69) is 4.57 Å². The Balaban J connectivity index is 1.32. The summed E-state index contributed by atoms with van der Waals surface area (Å²) >= 11 is 0. The quantitative estimate of drug-likeness (QED) is 0.301. The molecule has 1 aromatic carbocycles. The van der Waals surface area contributed by atoms with Crippen LogP contribution < -0.4 is 11.5 Å². The monoisotopic (exact) mass is 583 g/mol. The van der Waals surface area contributed by atoms with Crippen LogP contribution in [0.15, 0.2) is 48.7 Å². The van der Waals surface area contributed by atoms with Crippen LogP contribution in [0, 0.1) is 24.5 Å². The maximum absolute atomic E-state index is 15.6. The summed E-state index contributed by atoms with van der Waals surface area (Å²) < 4.78 is 33.7. The second-order valence-corrected chi connectivity index (χ2v) is 11.7. The van der Waals surface area contributed by atoms with Crippen LogP contribution in [0.1, 0.15) is 52.0 Å². The third-order valence-electron chi connectivity index (χ3n) is 8.56. The molecule has 2 amide bonds. The number of rotatable bonds is 6. The van der Waals surface area contributed by atoms with Gasteiger partial charge in [0.25, 0.3) is 11.8 Å². The predicted molar refractivity (Wildman–Crippen MR) is 158 cm³/mol. The Morgan fingerprint density at radius 3 is 2.58 bits per heavy atom. The number of piperidine rings is 1. The van der Waals surface area contributed by atoms with E-state index in [1.807, 2.05) is 19.1 Å². The molecule has 4 N–H and O–H groups in total. The Labute approximate surface area is 246 Å². The number of carbonyl (C=O) groups is 2. The Bertz CT molecular complexity index is 1940. The van der Waals surface area contributed by atoms with Gasteiger partial charge in [0, 0.05) is 48.4 Å². The van der Waals surface area contributed by atoms with Gasteiger partial charge in [-0.2, -0.15) is 5.10 Å². The molecule has 1 aliphatic carbocycles. The number of fused-ring (bicyclic) bond motifs is 2. The minimum Gasteiger partial charge on any atom is -0.366 e. The average Bonchev–Trinajstić information content (AvgIpc) is 3.65. The second kappa shape index (κ2) is 10.3. The topological polar surface area (TPSA) is 125 Å². The first-order chi connectivity index (χ1) is 20.7. The summed E-state index contributed by atoms with van der Waals surface area (Å²) in [4.78, 5) is 31.3. The number of amides is 2. The molecular weight excluding hydrogens is 552 g/mol. The molecule has 11 heteroatoms. The highest BCUT2D eigenvalue weighted by atomic mass is 19.1. The number of nitrogens with two attached hydrogens (primary N) is 2. The fourth-order valence-electron chi connectivity index (χ4n) is 6.11. The van der Waals surface area contributed by atoms with Crippen molar-refractivity contribution in [1.82, 2.24) is 24.1 Å². The van der Waals surface area contributed by atoms with Crippen molar-refractivity contribution in [1.29, 1.82) is 0 Å². The molecule has 5 heterocycles.